The second kappa shape index (κ2) is 6.39. The van der Waals surface area contributed by atoms with Crippen molar-refractivity contribution in [3.63, 3.8) is 0 Å². The van der Waals surface area contributed by atoms with E-state index in [2.05, 4.69) is 20.8 Å². The number of carbonyl (C=O) groups is 1. The topological polar surface area (TPSA) is 49.8 Å². The van der Waals surface area contributed by atoms with E-state index in [-0.39, 0.29) is 0 Å². The highest BCUT2D eigenvalue weighted by molar-refractivity contribution is 9.10. The molecule has 1 aromatic carbocycles. The van der Waals surface area contributed by atoms with Crippen molar-refractivity contribution >= 4 is 27.6 Å². The van der Waals surface area contributed by atoms with Crippen LogP contribution in [-0.2, 0) is 4.74 Å². The normalized spacial score (nSPS) is 16.6. The summed E-state index contributed by atoms with van der Waals surface area (Å²) in [5.74, 6) is -0.901. The number of nitrogens with zero attached hydrogens (tertiary/aromatic N) is 1. The summed E-state index contributed by atoms with van der Waals surface area (Å²) in [6, 6.07) is 5.18. The first-order valence-electron chi connectivity index (χ1n) is 6.51. The highest BCUT2D eigenvalue weighted by atomic mass is 79.9. The van der Waals surface area contributed by atoms with Gasteiger partial charge >= 0.3 is 5.97 Å². The quantitative estimate of drug-likeness (QED) is 0.922. The molecule has 1 aliphatic rings. The SMILES string of the molecule is CCOC1CCN(c2ccc(C(=O)O)cc2Br)CC1. The molecule has 0 unspecified atom stereocenters. The summed E-state index contributed by atoms with van der Waals surface area (Å²) in [6.07, 6.45) is 2.39. The number of rotatable bonds is 4. The number of aromatic carboxylic acids is 1. The lowest BCUT2D eigenvalue weighted by Gasteiger charge is -2.34. The van der Waals surface area contributed by atoms with Crippen molar-refractivity contribution < 1.29 is 14.6 Å². The number of carboxylic acid groups (broad SMARTS) is 1. The maximum Gasteiger partial charge on any atom is 0.335 e. The number of benzene rings is 1. The minimum atomic E-state index is -0.901. The Kier molecular flexibility index (Phi) is 4.82. The lowest BCUT2D eigenvalue weighted by Crippen LogP contribution is -2.37. The Labute approximate surface area is 121 Å². The molecule has 104 valence electrons. The van der Waals surface area contributed by atoms with E-state index in [1.54, 1.807) is 12.1 Å². The van der Waals surface area contributed by atoms with E-state index in [1.807, 2.05) is 13.0 Å². The van der Waals surface area contributed by atoms with Crippen LogP contribution in [0.4, 0.5) is 5.69 Å². The molecule has 1 aromatic rings. The summed E-state index contributed by atoms with van der Waals surface area (Å²) < 4.78 is 6.47. The van der Waals surface area contributed by atoms with Crippen LogP contribution in [0.2, 0.25) is 0 Å². The fourth-order valence-corrected chi connectivity index (χ4v) is 3.03. The molecule has 0 radical (unpaired) electrons. The molecule has 5 heteroatoms. The van der Waals surface area contributed by atoms with Crippen LogP contribution in [0.15, 0.2) is 22.7 Å². The average Bonchev–Trinajstić information content (AvgIpc) is 2.40. The molecular formula is C14H18BrNO3. The molecule has 19 heavy (non-hydrogen) atoms. The number of hydrogen-bond donors (Lipinski definition) is 1. The molecule has 1 N–H and O–H groups in total. The second-order valence-corrected chi connectivity index (χ2v) is 5.47. The second-order valence-electron chi connectivity index (χ2n) is 4.61. The molecule has 0 aliphatic carbocycles. The first-order chi connectivity index (χ1) is 9.11. The van der Waals surface area contributed by atoms with Crippen molar-refractivity contribution in [2.75, 3.05) is 24.6 Å². The van der Waals surface area contributed by atoms with Gasteiger partial charge in [0.05, 0.1) is 17.4 Å². The molecule has 1 aliphatic heterocycles. The first kappa shape index (κ1) is 14.3. The summed E-state index contributed by atoms with van der Waals surface area (Å²) in [4.78, 5) is 13.2. The summed E-state index contributed by atoms with van der Waals surface area (Å²) >= 11 is 3.46. The molecule has 0 amide bonds. The zero-order valence-electron chi connectivity index (χ0n) is 10.9. The van der Waals surface area contributed by atoms with Gasteiger partial charge in [-0.25, -0.2) is 4.79 Å². The Hall–Kier alpha value is -1.07. The predicted molar refractivity (Wildman–Crippen MR) is 78.0 cm³/mol. The van der Waals surface area contributed by atoms with Gasteiger partial charge in [0.1, 0.15) is 0 Å². The lowest BCUT2D eigenvalue weighted by atomic mass is 10.1. The van der Waals surface area contributed by atoms with Crippen LogP contribution >= 0.6 is 15.9 Å². The average molecular weight is 328 g/mol. The molecular weight excluding hydrogens is 310 g/mol. The van der Waals surface area contributed by atoms with Crippen LogP contribution in [0.3, 0.4) is 0 Å². The Bertz CT molecular complexity index is 456. The number of carboxylic acids is 1. The lowest BCUT2D eigenvalue weighted by molar-refractivity contribution is 0.0459. The van der Waals surface area contributed by atoms with Gasteiger partial charge in [0.2, 0.25) is 0 Å². The molecule has 0 spiro atoms. The van der Waals surface area contributed by atoms with Gasteiger partial charge in [-0.05, 0) is 53.9 Å². The van der Waals surface area contributed by atoms with Gasteiger partial charge < -0.3 is 14.7 Å². The monoisotopic (exact) mass is 327 g/mol. The Morgan fingerprint density at radius 3 is 2.68 bits per heavy atom. The van der Waals surface area contributed by atoms with E-state index in [9.17, 15) is 4.79 Å². The summed E-state index contributed by atoms with van der Waals surface area (Å²) in [5, 5.41) is 8.95. The van der Waals surface area contributed by atoms with Gasteiger partial charge in [0.25, 0.3) is 0 Å². The number of piperidine rings is 1. The molecule has 0 atom stereocenters. The summed E-state index contributed by atoms with van der Waals surface area (Å²) in [6.45, 7) is 4.67. The number of ether oxygens (including phenoxy) is 1. The van der Waals surface area contributed by atoms with Gasteiger partial charge in [0.15, 0.2) is 0 Å². The van der Waals surface area contributed by atoms with Crippen molar-refractivity contribution in [1.82, 2.24) is 0 Å². The van der Waals surface area contributed by atoms with Gasteiger partial charge in [-0.2, -0.15) is 0 Å². The highest BCUT2D eigenvalue weighted by Crippen LogP contribution is 2.30. The molecule has 4 nitrogen and oxygen atoms in total. The van der Waals surface area contributed by atoms with E-state index in [1.165, 1.54) is 0 Å². The predicted octanol–water partition coefficient (Wildman–Crippen LogP) is 3.15. The van der Waals surface area contributed by atoms with E-state index in [0.717, 1.165) is 42.7 Å². The van der Waals surface area contributed by atoms with Crippen molar-refractivity contribution in [1.29, 1.82) is 0 Å². The molecule has 0 aromatic heterocycles. The van der Waals surface area contributed by atoms with E-state index >= 15 is 0 Å². The Morgan fingerprint density at radius 2 is 2.16 bits per heavy atom. The van der Waals surface area contributed by atoms with Crippen LogP contribution in [0.1, 0.15) is 30.1 Å². The van der Waals surface area contributed by atoms with Crippen LogP contribution < -0.4 is 4.90 Å². The molecule has 1 heterocycles. The van der Waals surface area contributed by atoms with E-state index in [4.69, 9.17) is 9.84 Å². The van der Waals surface area contributed by atoms with Gasteiger partial charge in [-0.15, -0.1) is 0 Å². The molecule has 1 saturated heterocycles. The van der Waals surface area contributed by atoms with Crippen LogP contribution in [0.25, 0.3) is 0 Å². The van der Waals surface area contributed by atoms with Crippen LogP contribution in [-0.4, -0.2) is 36.9 Å². The van der Waals surface area contributed by atoms with Crippen molar-refractivity contribution in [3.8, 4) is 0 Å². The zero-order chi connectivity index (χ0) is 13.8. The summed E-state index contributed by atoms with van der Waals surface area (Å²) in [7, 11) is 0. The van der Waals surface area contributed by atoms with E-state index in [0.29, 0.717) is 11.7 Å². The molecule has 0 bridgehead atoms. The minimum absolute atomic E-state index is 0.305. The van der Waals surface area contributed by atoms with Crippen molar-refractivity contribution in [3.05, 3.63) is 28.2 Å². The van der Waals surface area contributed by atoms with Crippen LogP contribution in [0.5, 0.6) is 0 Å². The maximum atomic E-state index is 10.9. The fraction of sp³-hybridized carbons (Fsp3) is 0.500. The Balaban J connectivity index is 2.05. The summed E-state index contributed by atoms with van der Waals surface area (Å²) in [5.41, 5.74) is 1.36. The van der Waals surface area contributed by atoms with Gasteiger partial charge in [0, 0.05) is 24.2 Å². The first-order valence-corrected chi connectivity index (χ1v) is 7.30. The minimum Gasteiger partial charge on any atom is -0.478 e. The third kappa shape index (κ3) is 3.48. The van der Waals surface area contributed by atoms with Crippen molar-refractivity contribution in [2.24, 2.45) is 0 Å². The number of hydrogen-bond acceptors (Lipinski definition) is 3. The standard InChI is InChI=1S/C14H18BrNO3/c1-2-19-11-5-7-16(8-6-11)13-4-3-10(14(17)18)9-12(13)15/h3-4,9,11H,2,5-8H2,1H3,(H,17,18). The third-order valence-electron chi connectivity index (χ3n) is 3.38. The van der Waals surface area contributed by atoms with Gasteiger partial charge in [-0.3, -0.25) is 0 Å². The number of halogens is 1. The third-order valence-corrected chi connectivity index (χ3v) is 4.01. The highest BCUT2D eigenvalue weighted by Gasteiger charge is 2.21. The van der Waals surface area contributed by atoms with E-state index < -0.39 is 5.97 Å². The smallest absolute Gasteiger partial charge is 0.335 e. The maximum absolute atomic E-state index is 10.9. The number of anilines is 1. The van der Waals surface area contributed by atoms with Crippen LogP contribution in [0, 0.1) is 0 Å². The molecule has 1 fully saturated rings. The Morgan fingerprint density at radius 1 is 1.47 bits per heavy atom. The largest absolute Gasteiger partial charge is 0.478 e. The van der Waals surface area contributed by atoms with Crippen molar-refractivity contribution in [2.45, 2.75) is 25.9 Å². The van der Waals surface area contributed by atoms with Gasteiger partial charge in [-0.1, -0.05) is 0 Å². The molecule has 0 saturated carbocycles. The molecule has 2 rings (SSSR count). The zero-order valence-corrected chi connectivity index (χ0v) is 12.5. The fourth-order valence-electron chi connectivity index (χ4n) is 2.40.